The van der Waals surface area contributed by atoms with E-state index in [2.05, 4.69) is 0 Å². The minimum atomic E-state index is -6.88. The topological polar surface area (TPSA) is 47.1 Å². The summed E-state index contributed by atoms with van der Waals surface area (Å²) < 4.78 is 117. The fourth-order valence-electron chi connectivity index (χ4n) is 4.67. The average molecular weight is 579 g/mol. The van der Waals surface area contributed by atoms with Crippen molar-refractivity contribution >= 4 is 23.2 Å². The summed E-state index contributed by atoms with van der Waals surface area (Å²) in [6.07, 6.45) is 0. The van der Waals surface area contributed by atoms with Gasteiger partial charge in [0.1, 0.15) is 0 Å². The number of benzene rings is 2. The van der Waals surface area contributed by atoms with Crippen molar-refractivity contribution in [1.29, 1.82) is 0 Å². The summed E-state index contributed by atoms with van der Waals surface area (Å²) in [5.41, 5.74) is 1.31. The lowest BCUT2D eigenvalue weighted by Crippen LogP contribution is -2.70. The van der Waals surface area contributed by atoms with Crippen molar-refractivity contribution in [2.75, 3.05) is 62.2 Å². The fourth-order valence-corrected chi connectivity index (χ4v) is 4.67. The van der Waals surface area contributed by atoms with E-state index in [0.29, 0.717) is 11.4 Å². The third-order valence-electron chi connectivity index (χ3n) is 7.10. The molecule has 2 saturated heterocycles. The van der Waals surface area contributed by atoms with Crippen LogP contribution < -0.4 is 9.80 Å². The number of anilines is 2. The molecular formula is C26H26F8N4O2. The molecule has 2 aromatic rings. The van der Waals surface area contributed by atoms with E-state index in [1.165, 1.54) is 0 Å². The molecule has 0 spiro atoms. The van der Waals surface area contributed by atoms with Gasteiger partial charge in [0.15, 0.2) is 0 Å². The molecule has 40 heavy (non-hydrogen) atoms. The maximum absolute atomic E-state index is 14.7. The van der Waals surface area contributed by atoms with Crippen molar-refractivity contribution in [1.82, 2.24) is 9.80 Å². The van der Waals surface area contributed by atoms with Crippen LogP contribution in [-0.4, -0.2) is 97.7 Å². The minimum Gasteiger partial charge on any atom is -0.368 e. The van der Waals surface area contributed by atoms with Crippen molar-refractivity contribution in [3.05, 3.63) is 60.7 Å². The quantitative estimate of drug-likeness (QED) is 0.462. The van der Waals surface area contributed by atoms with E-state index in [4.69, 9.17) is 0 Å². The molecule has 0 aromatic heterocycles. The van der Waals surface area contributed by atoms with Gasteiger partial charge in [-0.15, -0.1) is 0 Å². The Hall–Kier alpha value is -3.58. The zero-order chi connectivity index (χ0) is 29.3. The third kappa shape index (κ3) is 5.03. The van der Waals surface area contributed by atoms with Crippen LogP contribution in [0.25, 0.3) is 0 Å². The molecule has 2 heterocycles. The van der Waals surface area contributed by atoms with Gasteiger partial charge in [0.2, 0.25) is 0 Å². The number of nitrogens with zero attached hydrogens (tertiary/aromatic N) is 4. The predicted octanol–water partition coefficient (Wildman–Crippen LogP) is 4.23. The number of halogens is 8. The van der Waals surface area contributed by atoms with Crippen LogP contribution in [0.3, 0.4) is 0 Å². The Morgan fingerprint density at radius 1 is 0.475 bits per heavy atom. The zero-order valence-electron chi connectivity index (χ0n) is 21.1. The SMILES string of the molecule is O=C(N1CCN(c2ccccc2)CC1)C(F)(F)C(F)(F)C(F)(F)C(F)(F)C(=O)N1CCN(c2ccccc2)CC1. The molecule has 0 unspecified atom stereocenters. The van der Waals surface area contributed by atoms with E-state index in [0.717, 1.165) is 0 Å². The molecule has 2 aliphatic heterocycles. The van der Waals surface area contributed by atoms with Gasteiger partial charge in [-0.3, -0.25) is 9.59 Å². The fraction of sp³-hybridized carbons (Fsp3) is 0.462. The van der Waals surface area contributed by atoms with Crippen LogP contribution in [0.5, 0.6) is 0 Å². The molecule has 2 aliphatic rings. The molecular weight excluding hydrogens is 552 g/mol. The smallest absolute Gasteiger partial charge is 0.368 e. The van der Waals surface area contributed by atoms with Crippen molar-refractivity contribution in [3.63, 3.8) is 0 Å². The number of alkyl halides is 8. The molecule has 2 aromatic carbocycles. The molecule has 4 rings (SSSR count). The number of amides is 2. The summed E-state index contributed by atoms with van der Waals surface area (Å²) in [5, 5.41) is 0. The Morgan fingerprint density at radius 2 is 0.750 bits per heavy atom. The lowest BCUT2D eigenvalue weighted by molar-refractivity contribution is -0.350. The number of hydrogen-bond acceptors (Lipinski definition) is 4. The van der Waals surface area contributed by atoms with Gasteiger partial charge in [0.25, 0.3) is 11.8 Å². The van der Waals surface area contributed by atoms with E-state index >= 15 is 0 Å². The number of hydrogen-bond donors (Lipinski definition) is 0. The molecule has 2 fully saturated rings. The minimum absolute atomic E-state index is 0.0859. The summed E-state index contributed by atoms with van der Waals surface area (Å²) >= 11 is 0. The summed E-state index contributed by atoms with van der Waals surface area (Å²) in [5.74, 6) is -31.6. The van der Waals surface area contributed by atoms with Crippen LogP contribution in [0, 0.1) is 0 Å². The van der Waals surface area contributed by atoms with Gasteiger partial charge in [0.05, 0.1) is 0 Å². The first kappa shape index (κ1) is 29.4. The van der Waals surface area contributed by atoms with Gasteiger partial charge in [-0.05, 0) is 24.3 Å². The Kier molecular flexibility index (Phi) is 7.92. The molecule has 14 heteroatoms. The first-order valence-corrected chi connectivity index (χ1v) is 12.4. The highest BCUT2D eigenvalue weighted by Gasteiger charge is 2.85. The molecule has 0 aliphatic carbocycles. The molecule has 0 saturated carbocycles. The Morgan fingerprint density at radius 3 is 1.02 bits per heavy atom. The first-order valence-electron chi connectivity index (χ1n) is 12.4. The maximum atomic E-state index is 14.7. The molecule has 0 N–H and O–H groups in total. The van der Waals surface area contributed by atoms with Crippen LogP contribution in [0.1, 0.15) is 0 Å². The number of carbonyl (C=O) groups is 2. The summed E-state index contributed by atoms with van der Waals surface area (Å²) in [7, 11) is 0. The van der Waals surface area contributed by atoms with Crippen molar-refractivity contribution in [3.8, 4) is 0 Å². The van der Waals surface area contributed by atoms with Crippen molar-refractivity contribution in [2.45, 2.75) is 23.7 Å². The Balaban J connectivity index is 1.44. The molecule has 0 radical (unpaired) electrons. The monoisotopic (exact) mass is 578 g/mol. The van der Waals surface area contributed by atoms with E-state index in [1.807, 2.05) is 0 Å². The third-order valence-corrected chi connectivity index (χ3v) is 7.10. The lowest BCUT2D eigenvalue weighted by Gasteiger charge is -2.42. The van der Waals surface area contributed by atoms with Gasteiger partial charge in [-0.2, -0.15) is 35.1 Å². The summed E-state index contributed by atoms with van der Waals surface area (Å²) in [6.45, 7) is -2.49. The molecule has 0 bridgehead atoms. The van der Waals surface area contributed by atoms with Gasteiger partial charge < -0.3 is 19.6 Å². The second kappa shape index (κ2) is 10.8. The summed E-state index contributed by atoms with van der Waals surface area (Å²) in [4.78, 5) is 28.4. The second-order valence-electron chi connectivity index (χ2n) is 9.53. The molecule has 2 amide bonds. The van der Waals surface area contributed by atoms with E-state index in [-0.39, 0.29) is 36.0 Å². The van der Waals surface area contributed by atoms with Crippen LogP contribution in [0.4, 0.5) is 46.5 Å². The Bertz CT molecular complexity index is 1090. The zero-order valence-corrected chi connectivity index (χ0v) is 21.1. The maximum Gasteiger partial charge on any atom is 0.392 e. The average Bonchev–Trinajstić information content (AvgIpc) is 2.97. The molecule has 0 atom stereocenters. The highest BCUT2D eigenvalue weighted by molar-refractivity contribution is 5.88. The van der Waals surface area contributed by atoms with Crippen LogP contribution in [0.2, 0.25) is 0 Å². The standard InChI is InChI=1S/C26H26F8N4O2/c27-23(28,21(39)37-15-11-35(12-16-37)19-7-3-1-4-8-19)25(31,32)26(33,34)24(29,30)22(40)38-17-13-36(14-18-38)20-9-5-2-6-10-20/h1-10H,11-18H2. The van der Waals surface area contributed by atoms with E-state index in [1.54, 1.807) is 70.5 Å². The number of para-hydroxylation sites is 2. The number of carbonyl (C=O) groups excluding carboxylic acids is 2. The van der Waals surface area contributed by atoms with Crippen LogP contribution in [-0.2, 0) is 9.59 Å². The van der Waals surface area contributed by atoms with Gasteiger partial charge in [0, 0.05) is 63.7 Å². The molecule has 218 valence electrons. The Labute approximate surface area is 224 Å². The largest absolute Gasteiger partial charge is 0.392 e. The van der Waals surface area contributed by atoms with E-state index < -0.39 is 61.7 Å². The highest BCUT2D eigenvalue weighted by Crippen LogP contribution is 2.53. The van der Waals surface area contributed by atoms with Gasteiger partial charge >= 0.3 is 23.7 Å². The number of piperazine rings is 2. The van der Waals surface area contributed by atoms with E-state index in [9.17, 15) is 44.7 Å². The van der Waals surface area contributed by atoms with Crippen LogP contribution >= 0.6 is 0 Å². The normalized spacial score (nSPS) is 17.7. The second-order valence-corrected chi connectivity index (χ2v) is 9.53. The summed E-state index contributed by atoms with van der Waals surface area (Å²) in [6, 6.07) is 16.9. The van der Waals surface area contributed by atoms with Gasteiger partial charge in [-0.25, -0.2) is 0 Å². The van der Waals surface area contributed by atoms with Crippen molar-refractivity contribution < 1.29 is 44.7 Å². The lowest BCUT2D eigenvalue weighted by atomic mass is 9.96. The van der Waals surface area contributed by atoms with Crippen LogP contribution in [0.15, 0.2) is 60.7 Å². The predicted molar refractivity (Wildman–Crippen MR) is 130 cm³/mol. The molecule has 6 nitrogen and oxygen atoms in total. The van der Waals surface area contributed by atoms with Gasteiger partial charge in [-0.1, -0.05) is 36.4 Å². The first-order chi connectivity index (χ1) is 18.7. The van der Waals surface area contributed by atoms with Crippen molar-refractivity contribution in [2.24, 2.45) is 0 Å². The number of rotatable bonds is 7. The highest BCUT2D eigenvalue weighted by atomic mass is 19.4.